The molecule has 5 nitrogen and oxygen atoms in total. The van der Waals surface area contributed by atoms with Crippen molar-refractivity contribution in [2.75, 3.05) is 20.3 Å². The highest BCUT2D eigenvalue weighted by Gasteiger charge is 2.24. The van der Waals surface area contributed by atoms with E-state index in [4.69, 9.17) is 18.6 Å². The van der Waals surface area contributed by atoms with Crippen molar-refractivity contribution in [1.29, 1.82) is 0 Å². The van der Waals surface area contributed by atoms with E-state index in [9.17, 15) is 4.79 Å². The minimum absolute atomic E-state index is 0.0924. The van der Waals surface area contributed by atoms with Gasteiger partial charge in [0.1, 0.15) is 24.6 Å². The van der Waals surface area contributed by atoms with Gasteiger partial charge < -0.3 is 18.6 Å². The largest absolute Gasteiger partial charge is 0.485 e. The number of methoxy groups -OCH3 is 1. The highest BCUT2D eigenvalue weighted by atomic mass is 16.6. The third kappa shape index (κ3) is 3.00. The van der Waals surface area contributed by atoms with Gasteiger partial charge >= 0.3 is 5.97 Å². The number of rotatable bonds is 4. The number of hydrogen-bond acceptors (Lipinski definition) is 5. The molecule has 23 heavy (non-hydrogen) atoms. The SMILES string of the molecule is COCC(=O)OC1=C(C)COC(c2cc3ccccc3o2)=C1C. The first kappa shape index (κ1) is 15.4. The molecular formula is C18H18O5. The number of benzene rings is 1. The first-order valence-electron chi connectivity index (χ1n) is 7.32. The van der Waals surface area contributed by atoms with Crippen LogP contribution in [0.4, 0.5) is 0 Å². The van der Waals surface area contributed by atoms with Gasteiger partial charge in [0, 0.05) is 23.6 Å². The summed E-state index contributed by atoms with van der Waals surface area (Å²) in [7, 11) is 1.45. The van der Waals surface area contributed by atoms with E-state index in [2.05, 4.69) is 0 Å². The number of hydrogen-bond donors (Lipinski definition) is 0. The van der Waals surface area contributed by atoms with E-state index in [1.165, 1.54) is 7.11 Å². The number of carbonyl (C=O) groups is 1. The lowest BCUT2D eigenvalue weighted by Crippen LogP contribution is -2.17. The second kappa shape index (κ2) is 6.30. The summed E-state index contributed by atoms with van der Waals surface area (Å²) in [5.41, 5.74) is 2.37. The van der Waals surface area contributed by atoms with E-state index in [0.717, 1.165) is 22.1 Å². The summed E-state index contributed by atoms with van der Waals surface area (Å²) in [4.78, 5) is 11.7. The summed E-state index contributed by atoms with van der Waals surface area (Å²) in [5, 5.41) is 0.996. The number of fused-ring (bicyclic) bond motifs is 1. The monoisotopic (exact) mass is 314 g/mol. The normalized spacial score (nSPS) is 15.1. The van der Waals surface area contributed by atoms with Crippen LogP contribution in [0.25, 0.3) is 16.7 Å². The lowest BCUT2D eigenvalue weighted by atomic mass is 10.1. The van der Waals surface area contributed by atoms with Gasteiger partial charge in [0.15, 0.2) is 11.5 Å². The van der Waals surface area contributed by atoms with Crippen LogP contribution in [0, 0.1) is 0 Å². The number of allylic oxidation sites excluding steroid dienone is 1. The molecule has 0 saturated carbocycles. The van der Waals surface area contributed by atoms with Crippen LogP contribution in [-0.2, 0) is 19.0 Å². The van der Waals surface area contributed by atoms with Crippen LogP contribution in [0.1, 0.15) is 19.6 Å². The Balaban J connectivity index is 1.97. The Bertz CT molecular complexity index is 777. The van der Waals surface area contributed by atoms with Gasteiger partial charge in [0.05, 0.1) is 0 Å². The fourth-order valence-electron chi connectivity index (χ4n) is 2.55. The van der Waals surface area contributed by atoms with Gasteiger partial charge in [-0.3, -0.25) is 0 Å². The maximum Gasteiger partial charge on any atom is 0.337 e. The van der Waals surface area contributed by atoms with E-state index >= 15 is 0 Å². The number of carbonyl (C=O) groups excluding carboxylic acids is 1. The molecule has 0 fully saturated rings. The fourth-order valence-corrected chi connectivity index (χ4v) is 2.55. The predicted octanol–water partition coefficient (Wildman–Crippen LogP) is 3.66. The first-order chi connectivity index (χ1) is 11.1. The van der Waals surface area contributed by atoms with E-state index in [1.807, 2.05) is 44.2 Å². The van der Waals surface area contributed by atoms with Gasteiger partial charge in [0.2, 0.25) is 0 Å². The molecule has 0 bridgehead atoms. The van der Waals surface area contributed by atoms with Crippen LogP contribution < -0.4 is 0 Å². The van der Waals surface area contributed by atoms with Gasteiger partial charge in [-0.05, 0) is 26.0 Å². The minimum Gasteiger partial charge on any atom is -0.485 e. The van der Waals surface area contributed by atoms with Crippen LogP contribution in [0.3, 0.4) is 0 Å². The van der Waals surface area contributed by atoms with Crippen LogP contribution in [-0.4, -0.2) is 26.3 Å². The molecule has 1 aliphatic rings. The maximum absolute atomic E-state index is 11.7. The Kier molecular flexibility index (Phi) is 4.21. The second-order valence-corrected chi connectivity index (χ2v) is 5.41. The summed E-state index contributed by atoms with van der Waals surface area (Å²) in [6.07, 6.45) is 0. The van der Waals surface area contributed by atoms with Crippen molar-refractivity contribution in [2.24, 2.45) is 0 Å². The molecule has 0 spiro atoms. The molecule has 0 atom stereocenters. The molecular weight excluding hydrogens is 296 g/mol. The third-order valence-electron chi connectivity index (χ3n) is 3.63. The van der Waals surface area contributed by atoms with E-state index in [0.29, 0.717) is 23.9 Å². The maximum atomic E-state index is 11.7. The quantitative estimate of drug-likeness (QED) is 0.806. The molecule has 0 unspecified atom stereocenters. The summed E-state index contributed by atoms with van der Waals surface area (Å²) in [6.45, 7) is 3.97. The summed E-state index contributed by atoms with van der Waals surface area (Å²) in [6, 6.07) is 9.66. The fraction of sp³-hybridized carbons (Fsp3) is 0.278. The lowest BCUT2D eigenvalue weighted by molar-refractivity contribution is -0.143. The third-order valence-corrected chi connectivity index (χ3v) is 3.63. The number of furan rings is 1. The van der Waals surface area contributed by atoms with Gasteiger partial charge in [0.25, 0.3) is 0 Å². The smallest absolute Gasteiger partial charge is 0.337 e. The van der Waals surface area contributed by atoms with E-state index in [-0.39, 0.29) is 6.61 Å². The highest BCUT2D eigenvalue weighted by Crippen LogP contribution is 2.34. The zero-order valence-corrected chi connectivity index (χ0v) is 13.3. The van der Waals surface area contributed by atoms with Gasteiger partial charge in [-0.2, -0.15) is 0 Å². The van der Waals surface area contributed by atoms with E-state index in [1.54, 1.807) is 0 Å². The highest BCUT2D eigenvalue weighted by molar-refractivity contribution is 5.82. The average molecular weight is 314 g/mol. The van der Waals surface area contributed by atoms with Crippen LogP contribution in [0.2, 0.25) is 0 Å². The number of ether oxygens (including phenoxy) is 3. The molecule has 1 aliphatic heterocycles. The Morgan fingerprint density at radius 3 is 2.78 bits per heavy atom. The Hall–Kier alpha value is -2.53. The molecule has 0 aliphatic carbocycles. The molecule has 0 N–H and O–H groups in total. The molecule has 3 rings (SSSR count). The molecule has 0 saturated heterocycles. The van der Waals surface area contributed by atoms with Crippen LogP contribution >= 0.6 is 0 Å². The predicted molar refractivity (Wildman–Crippen MR) is 85.4 cm³/mol. The van der Waals surface area contributed by atoms with E-state index < -0.39 is 5.97 Å². The average Bonchev–Trinajstić information content (AvgIpc) is 2.95. The van der Waals surface area contributed by atoms with Crippen molar-refractivity contribution >= 4 is 22.7 Å². The second-order valence-electron chi connectivity index (χ2n) is 5.41. The lowest BCUT2D eigenvalue weighted by Gasteiger charge is -2.22. The molecule has 5 heteroatoms. The van der Waals surface area contributed by atoms with Gasteiger partial charge in [-0.15, -0.1) is 0 Å². The minimum atomic E-state index is -0.438. The summed E-state index contributed by atoms with van der Waals surface area (Å²) < 4.78 is 21.9. The topological polar surface area (TPSA) is 57.9 Å². The summed E-state index contributed by atoms with van der Waals surface area (Å²) in [5.74, 6) is 1.30. The van der Waals surface area contributed by atoms with Crippen molar-refractivity contribution in [2.45, 2.75) is 13.8 Å². The standard InChI is InChI=1S/C18H18O5/c1-11-9-21-18(12(2)17(11)23-16(19)10-20-3)15-8-13-6-4-5-7-14(13)22-15/h4-8H,9-10H2,1-3H3. The van der Waals surface area contributed by atoms with Gasteiger partial charge in [-0.25, -0.2) is 4.79 Å². The van der Waals surface area contributed by atoms with Crippen molar-refractivity contribution in [3.8, 4) is 0 Å². The molecule has 2 heterocycles. The summed E-state index contributed by atoms with van der Waals surface area (Å²) >= 11 is 0. The Labute approximate surface area is 134 Å². The number of esters is 1. The molecule has 2 aromatic rings. The molecule has 1 aromatic heterocycles. The molecule has 1 aromatic carbocycles. The molecule has 0 radical (unpaired) electrons. The zero-order chi connectivity index (χ0) is 16.4. The van der Waals surface area contributed by atoms with Crippen molar-refractivity contribution < 1.29 is 23.4 Å². The van der Waals surface area contributed by atoms with Crippen LogP contribution in [0.5, 0.6) is 0 Å². The Morgan fingerprint density at radius 2 is 2.04 bits per heavy atom. The molecule has 0 amide bonds. The molecule has 120 valence electrons. The van der Waals surface area contributed by atoms with Gasteiger partial charge in [-0.1, -0.05) is 18.2 Å². The van der Waals surface area contributed by atoms with Crippen molar-refractivity contribution in [1.82, 2.24) is 0 Å². The number of para-hydroxylation sites is 1. The zero-order valence-electron chi connectivity index (χ0n) is 13.3. The van der Waals surface area contributed by atoms with Crippen LogP contribution in [0.15, 0.2) is 51.7 Å². The van der Waals surface area contributed by atoms with Crippen molar-refractivity contribution in [3.63, 3.8) is 0 Å². The van der Waals surface area contributed by atoms with Crippen molar-refractivity contribution in [3.05, 3.63) is 53.0 Å². The first-order valence-corrected chi connectivity index (χ1v) is 7.32. The Morgan fingerprint density at radius 1 is 1.26 bits per heavy atom.